The summed E-state index contributed by atoms with van der Waals surface area (Å²) >= 11 is 0. The lowest BCUT2D eigenvalue weighted by Gasteiger charge is -2.58. The van der Waals surface area contributed by atoms with E-state index in [9.17, 15) is 0 Å². The van der Waals surface area contributed by atoms with Crippen LogP contribution in [-0.4, -0.2) is 0 Å². The second kappa shape index (κ2) is 11.3. The van der Waals surface area contributed by atoms with Gasteiger partial charge in [0.2, 0.25) is 11.4 Å². The predicted molar refractivity (Wildman–Crippen MR) is 220 cm³/mol. The third-order valence-corrected chi connectivity index (χ3v) is 15.4. The van der Waals surface area contributed by atoms with Gasteiger partial charge in [0.05, 0.1) is 21.9 Å². The number of hydrogen-bond donors (Lipinski definition) is 0. The van der Waals surface area contributed by atoms with Crippen LogP contribution in [0.4, 0.5) is 4.39 Å². The lowest BCUT2D eigenvalue weighted by atomic mass is 9.44. The van der Waals surface area contributed by atoms with Crippen molar-refractivity contribution in [2.24, 2.45) is 5.92 Å². The Kier molecular flexibility index (Phi) is 7.17. The quantitative estimate of drug-likeness (QED) is 0.139. The van der Waals surface area contributed by atoms with Gasteiger partial charge in [0, 0.05) is 59.1 Å². The Hall–Kier alpha value is -4.37. The van der Waals surface area contributed by atoms with Crippen molar-refractivity contribution in [1.82, 2.24) is 0 Å². The van der Waals surface area contributed by atoms with E-state index in [0.717, 1.165) is 44.2 Å². The third kappa shape index (κ3) is 4.06. The number of hydrogen-bond acceptors (Lipinski definition) is 0. The molecule has 0 saturated heterocycles. The average molecular weight is 715 g/mol. The molecular formula is C51H55FN2+2. The molecule has 1 saturated carbocycles. The standard InChI is InChI=1S/C51H55FN2/c1-9-12-16-32-28-34-23-27-54-47-43(34)38(29-32)49(7,8)45-39(52)21-20-37(44(45)47)50(10-2)30-51(54,11-3)40(50)24-26-53-25-22-33-17-14-19-36-42(33)46(53)41-31(4)15-13-18-35(41)48(36,5)6/h13-15,17-23,25,27-29,40H,9-12,16,24,26,30H2,1-8H3/q+2. The molecule has 4 aromatic carbocycles. The lowest BCUT2D eigenvalue weighted by Crippen LogP contribution is -2.73. The van der Waals surface area contributed by atoms with Crippen LogP contribution in [0.2, 0.25) is 0 Å². The second-order valence-corrected chi connectivity index (χ2v) is 18.5. The largest absolute Gasteiger partial charge is 0.221 e. The van der Waals surface area contributed by atoms with E-state index in [4.69, 9.17) is 0 Å². The molecule has 0 amide bonds. The number of halogens is 1. The molecule has 1 fully saturated rings. The van der Waals surface area contributed by atoms with Gasteiger partial charge in [0.15, 0.2) is 17.9 Å². The van der Waals surface area contributed by atoms with Crippen LogP contribution in [0.15, 0.2) is 85.2 Å². The molecule has 10 rings (SSSR count). The summed E-state index contributed by atoms with van der Waals surface area (Å²) in [5, 5.41) is 5.39. The van der Waals surface area contributed by atoms with Gasteiger partial charge in [-0.1, -0.05) is 109 Å². The van der Waals surface area contributed by atoms with E-state index in [0.29, 0.717) is 5.92 Å². The van der Waals surface area contributed by atoms with Crippen LogP contribution in [0.1, 0.15) is 126 Å². The SMILES string of the molecule is CCCCc1cc2c3c4[n+](ccc3c1)C1(CC)CC(CC)(c3ccc(F)c(c3-4)C2(C)C)C1CC[n+]1ccc2cccc3c2c1-c1c(C)cccc1C3(C)C. The summed E-state index contributed by atoms with van der Waals surface area (Å²) in [5.41, 5.74) is 13.8. The van der Waals surface area contributed by atoms with Crippen LogP contribution in [-0.2, 0) is 34.7 Å². The number of fused-ring (bicyclic) bond motifs is 6. The summed E-state index contributed by atoms with van der Waals surface area (Å²) in [6, 6.07) is 27.4. The number of aromatic nitrogens is 2. The molecule has 4 aliphatic rings. The van der Waals surface area contributed by atoms with Gasteiger partial charge < -0.3 is 0 Å². The highest BCUT2D eigenvalue weighted by Gasteiger charge is 2.71. The fourth-order valence-corrected chi connectivity index (χ4v) is 12.7. The van der Waals surface area contributed by atoms with Crippen LogP contribution < -0.4 is 9.13 Å². The van der Waals surface area contributed by atoms with Crippen molar-refractivity contribution in [3.05, 3.63) is 130 Å². The summed E-state index contributed by atoms with van der Waals surface area (Å²) in [5.74, 6) is 0.342. The Morgan fingerprint density at radius 2 is 1.48 bits per heavy atom. The van der Waals surface area contributed by atoms with Gasteiger partial charge in [-0.3, -0.25) is 0 Å². The zero-order chi connectivity index (χ0) is 37.5. The van der Waals surface area contributed by atoms with Crippen LogP contribution >= 0.6 is 0 Å². The highest BCUT2D eigenvalue weighted by atomic mass is 19.1. The van der Waals surface area contributed by atoms with E-state index in [2.05, 4.69) is 144 Å². The predicted octanol–water partition coefficient (Wildman–Crippen LogP) is 11.8. The monoisotopic (exact) mass is 714 g/mol. The Balaban J connectivity index is 1.19. The van der Waals surface area contributed by atoms with Crippen molar-refractivity contribution in [1.29, 1.82) is 0 Å². The van der Waals surface area contributed by atoms with Crippen LogP contribution in [0.3, 0.4) is 0 Å². The minimum absolute atomic E-state index is 0.0313. The highest BCUT2D eigenvalue weighted by Crippen LogP contribution is 2.67. The number of nitrogens with zero attached hydrogens (tertiary/aromatic N) is 2. The molecule has 2 bridgehead atoms. The van der Waals surface area contributed by atoms with Crippen molar-refractivity contribution >= 4 is 21.5 Å². The van der Waals surface area contributed by atoms with Crippen molar-refractivity contribution < 1.29 is 13.5 Å². The van der Waals surface area contributed by atoms with Gasteiger partial charge in [-0.15, -0.1) is 0 Å². The number of pyridine rings is 2. The smallest absolute Gasteiger partial charge is 0.207 e. The molecule has 2 aromatic heterocycles. The zero-order valence-electron chi connectivity index (χ0n) is 33.6. The van der Waals surface area contributed by atoms with Crippen molar-refractivity contribution in [2.45, 2.75) is 129 Å². The molecule has 54 heavy (non-hydrogen) atoms. The average Bonchev–Trinajstić information content (AvgIpc) is 3.32. The third-order valence-electron chi connectivity index (χ3n) is 15.4. The minimum atomic E-state index is -0.443. The molecule has 6 aromatic rings. The van der Waals surface area contributed by atoms with Gasteiger partial charge in [0.25, 0.3) is 0 Å². The van der Waals surface area contributed by atoms with Crippen LogP contribution in [0.25, 0.3) is 44.1 Å². The topological polar surface area (TPSA) is 7.76 Å². The van der Waals surface area contributed by atoms with Crippen molar-refractivity contribution in [3.63, 3.8) is 0 Å². The Bertz CT molecular complexity index is 2590. The maximum atomic E-state index is 16.7. The van der Waals surface area contributed by atoms with Gasteiger partial charge in [-0.05, 0) is 76.4 Å². The highest BCUT2D eigenvalue weighted by molar-refractivity contribution is 6.02. The van der Waals surface area contributed by atoms with E-state index in [1.807, 2.05) is 6.07 Å². The van der Waals surface area contributed by atoms with E-state index in [1.54, 1.807) is 0 Å². The number of rotatable bonds is 8. The number of unbranched alkanes of at least 4 members (excludes halogenated alkanes) is 1. The molecule has 3 atom stereocenters. The molecule has 3 aliphatic carbocycles. The molecule has 2 nitrogen and oxygen atoms in total. The summed E-state index contributed by atoms with van der Waals surface area (Å²) in [6.45, 7) is 19.7. The Morgan fingerprint density at radius 3 is 2.26 bits per heavy atom. The molecule has 3 unspecified atom stereocenters. The molecule has 0 radical (unpaired) electrons. The molecule has 274 valence electrons. The molecule has 1 aliphatic heterocycles. The van der Waals surface area contributed by atoms with Gasteiger partial charge >= 0.3 is 0 Å². The number of aryl methyl sites for hydroxylation is 3. The lowest BCUT2D eigenvalue weighted by molar-refractivity contribution is -0.783. The Morgan fingerprint density at radius 1 is 0.722 bits per heavy atom. The number of benzene rings is 4. The molecule has 3 heteroatoms. The zero-order valence-corrected chi connectivity index (χ0v) is 33.6. The second-order valence-electron chi connectivity index (χ2n) is 18.5. The first-order chi connectivity index (χ1) is 25.9. The molecule has 0 spiro atoms. The summed E-state index contributed by atoms with van der Waals surface area (Å²) in [4.78, 5) is 0. The van der Waals surface area contributed by atoms with Crippen LogP contribution in [0.5, 0.6) is 0 Å². The molecular weight excluding hydrogens is 660 g/mol. The first-order valence-corrected chi connectivity index (χ1v) is 20.9. The first-order valence-electron chi connectivity index (χ1n) is 20.9. The van der Waals surface area contributed by atoms with E-state index < -0.39 is 5.41 Å². The summed E-state index contributed by atoms with van der Waals surface area (Å²) in [6.07, 6.45) is 12.4. The summed E-state index contributed by atoms with van der Waals surface area (Å²) < 4.78 is 22.0. The fourth-order valence-electron chi connectivity index (χ4n) is 12.7. The van der Waals surface area contributed by atoms with Gasteiger partial charge in [-0.2, -0.15) is 9.13 Å². The molecule has 0 N–H and O–H groups in total. The fraction of sp³-hybridized carbons (Fsp3) is 0.412. The van der Waals surface area contributed by atoms with Gasteiger partial charge in [-0.25, -0.2) is 4.39 Å². The summed E-state index contributed by atoms with van der Waals surface area (Å²) in [7, 11) is 0. The normalized spacial score (nSPS) is 23.2. The van der Waals surface area contributed by atoms with Crippen molar-refractivity contribution in [2.75, 3.05) is 0 Å². The van der Waals surface area contributed by atoms with Gasteiger partial charge in [0.1, 0.15) is 12.4 Å². The minimum Gasteiger partial charge on any atom is -0.207 e. The van der Waals surface area contributed by atoms with Crippen molar-refractivity contribution in [3.8, 4) is 22.5 Å². The van der Waals surface area contributed by atoms with Crippen LogP contribution in [0, 0.1) is 18.7 Å². The van der Waals surface area contributed by atoms with E-state index in [1.165, 1.54) is 90.3 Å². The first kappa shape index (κ1) is 34.1. The maximum absolute atomic E-state index is 16.7. The maximum Gasteiger partial charge on any atom is 0.221 e. The van der Waals surface area contributed by atoms with E-state index in [-0.39, 0.29) is 22.2 Å². The van der Waals surface area contributed by atoms with E-state index >= 15 is 4.39 Å². The Labute approximate surface area is 321 Å². The molecule has 3 heterocycles.